The zero-order valence-corrected chi connectivity index (χ0v) is 9.54. The second kappa shape index (κ2) is 5.48. The Morgan fingerprint density at radius 2 is 1.88 bits per heavy atom. The van der Waals surface area contributed by atoms with Gasteiger partial charge in [-0.15, -0.1) is 0 Å². The van der Waals surface area contributed by atoms with E-state index in [1.165, 1.54) is 0 Å². The molecule has 0 aliphatic heterocycles. The van der Waals surface area contributed by atoms with Crippen molar-refractivity contribution in [2.45, 2.75) is 12.7 Å². The zero-order chi connectivity index (χ0) is 13.2. The van der Waals surface area contributed by atoms with E-state index in [0.717, 1.165) is 12.1 Å². The topological polar surface area (TPSA) is 66.8 Å². The lowest BCUT2D eigenvalue weighted by atomic mass is 10.1. The number of benzene rings is 1. The van der Waals surface area contributed by atoms with Crippen molar-refractivity contribution in [1.29, 1.82) is 0 Å². The van der Waals surface area contributed by atoms with Crippen molar-refractivity contribution in [1.82, 2.24) is 0 Å². The molecule has 0 bridgehead atoms. The third-order valence-electron chi connectivity index (χ3n) is 1.82. The normalized spacial score (nSPS) is 12.6. The van der Waals surface area contributed by atoms with Crippen molar-refractivity contribution in [3.05, 3.63) is 27.7 Å². The van der Waals surface area contributed by atoms with E-state index >= 15 is 0 Å². The first-order chi connectivity index (χ1) is 7.84. The second-order valence-corrected chi connectivity index (χ2v) is 3.66. The summed E-state index contributed by atoms with van der Waals surface area (Å²) in [6.07, 6.45) is -1.89. The Balaban J connectivity index is 3.14. The first kappa shape index (κ1) is 14.0. The molecule has 0 aliphatic carbocycles. The summed E-state index contributed by atoms with van der Waals surface area (Å²) in [6, 6.07) is 2.05. The minimum atomic E-state index is -3.08. The van der Waals surface area contributed by atoms with E-state index in [2.05, 4.69) is 4.74 Å². The lowest BCUT2D eigenvalue weighted by Crippen LogP contribution is -2.11. The molecule has 2 N–H and O–H groups in total. The molecule has 0 radical (unpaired) electrons. The van der Waals surface area contributed by atoms with E-state index in [1.807, 2.05) is 0 Å². The number of aliphatic hydroxyl groups is 1. The monoisotopic (exact) mass is 286 g/mol. The van der Waals surface area contributed by atoms with Gasteiger partial charge in [0.1, 0.15) is 10.8 Å². The van der Waals surface area contributed by atoms with Crippen LogP contribution in [-0.2, 0) is 4.79 Å². The van der Waals surface area contributed by atoms with Crippen LogP contribution < -0.4 is 4.74 Å². The summed E-state index contributed by atoms with van der Waals surface area (Å²) >= 11 is 11.2. The maximum Gasteiger partial charge on any atom is 0.387 e. The van der Waals surface area contributed by atoms with Gasteiger partial charge in [0, 0.05) is 5.56 Å². The van der Waals surface area contributed by atoms with E-state index in [0.29, 0.717) is 0 Å². The standard InChI is InChI=1S/C9H6Cl2F2O4/c10-5-3(7(14)8(15)16)1-2-4(6(5)11)17-9(12)13/h1-2,7,9,14H,(H,15,16)/t7-/m0/s1. The quantitative estimate of drug-likeness (QED) is 0.893. The number of ether oxygens (including phenoxy) is 1. The van der Waals surface area contributed by atoms with E-state index in [4.69, 9.17) is 28.3 Å². The summed E-state index contributed by atoms with van der Waals surface area (Å²) in [5.74, 6) is -1.93. The van der Waals surface area contributed by atoms with Crippen molar-refractivity contribution < 1.29 is 28.5 Å². The van der Waals surface area contributed by atoms with Gasteiger partial charge in [0.05, 0.1) is 5.02 Å². The van der Waals surface area contributed by atoms with Gasteiger partial charge in [-0.1, -0.05) is 29.3 Å². The van der Waals surface area contributed by atoms with E-state index in [-0.39, 0.29) is 15.6 Å². The lowest BCUT2D eigenvalue weighted by Gasteiger charge is -2.12. The molecule has 8 heteroatoms. The van der Waals surface area contributed by atoms with Gasteiger partial charge < -0.3 is 14.9 Å². The van der Waals surface area contributed by atoms with Crippen LogP contribution in [0.2, 0.25) is 10.0 Å². The fraction of sp³-hybridized carbons (Fsp3) is 0.222. The first-order valence-electron chi connectivity index (χ1n) is 4.18. The summed E-state index contributed by atoms with van der Waals surface area (Å²) in [7, 11) is 0. The predicted octanol–water partition coefficient (Wildman–Crippen LogP) is 2.71. The number of hydrogen-bond donors (Lipinski definition) is 2. The maximum atomic E-state index is 12.0. The van der Waals surface area contributed by atoms with E-state index < -0.39 is 24.4 Å². The third kappa shape index (κ3) is 3.18. The Bertz CT molecular complexity index is 439. The molecule has 0 aliphatic rings. The Morgan fingerprint density at radius 1 is 1.29 bits per heavy atom. The largest absolute Gasteiger partial charge is 0.479 e. The van der Waals surface area contributed by atoms with Gasteiger partial charge in [-0.05, 0) is 6.07 Å². The van der Waals surface area contributed by atoms with Gasteiger partial charge in [-0.25, -0.2) is 4.79 Å². The molecule has 1 atom stereocenters. The van der Waals surface area contributed by atoms with Crippen LogP contribution in [0.3, 0.4) is 0 Å². The number of alkyl halides is 2. The number of hydrogen-bond acceptors (Lipinski definition) is 3. The highest BCUT2D eigenvalue weighted by Crippen LogP contribution is 2.37. The molecule has 0 aromatic heterocycles. The molecule has 0 amide bonds. The highest BCUT2D eigenvalue weighted by molar-refractivity contribution is 6.43. The van der Waals surface area contributed by atoms with Gasteiger partial charge >= 0.3 is 12.6 Å². The van der Waals surface area contributed by atoms with Gasteiger partial charge in [0.15, 0.2) is 6.10 Å². The molecule has 4 nitrogen and oxygen atoms in total. The Hall–Kier alpha value is -1.11. The lowest BCUT2D eigenvalue weighted by molar-refractivity contribution is -0.146. The van der Waals surface area contributed by atoms with Crippen molar-refractivity contribution >= 4 is 29.2 Å². The molecule has 0 heterocycles. The molecule has 1 aromatic carbocycles. The average molecular weight is 287 g/mol. The Kier molecular flexibility index (Phi) is 4.50. The summed E-state index contributed by atoms with van der Waals surface area (Å²) in [5.41, 5.74) is -0.203. The van der Waals surface area contributed by atoms with Crippen LogP contribution in [0.4, 0.5) is 8.78 Å². The predicted molar refractivity (Wildman–Crippen MR) is 55.7 cm³/mol. The van der Waals surface area contributed by atoms with Crippen LogP contribution in [0.15, 0.2) is 12.1 Å². The van der Waals surface area contributed by atoms with Crippen LogP contribution in [0.5, 0.6) is 5.75 Å². The van der Waals surface area contributed by atoms with Gasteiger partial charge in [-0.2, -0.15) is 8.78 Å². The molecule has 94 valence electrons. The van der Waals surface area contributed by atoms with Crippen LogP contribution in [0.1, 0.15) is 11.7 Å². The summed E-state index contributed by atoms with van der Waals surface area (Å²) in [5, 5.41) is 17.1. The molecular formula is C9H6Cl2F2O4. The van der Waals surface area contributed by atoms with Crippen LogP contribution in [-0.4, -0.2) is 22.8 Å². The van der Waals surface area contributed by atoms with Gasteiger partial charge in [0.25, 0.3) is 0 Å². The summed E-state index contributed by atoms with van der Waals surface area (Å²) < 4.78 is 27.9. The molecule has 0 saturated heterocycles. The third-order valence-corrected chi connectivity index (χ3v) is 2.70. The van der Waals surface area contributed by atoms with Crippen LogP contribution in [0.25, 0.3) is 0 Å². The molecule has 1 aromatic rings. The molecular weight excluding hydrogens is 281 g/mol. The number of aliphatic hydroxyl groups excluding tert-OH is 1. The minimum Gasteiger partial charge on any atom is -0.479 e. The number of carboxylic acids is 1. The maximum absolute atomic E-state index is 12.0. The van der Waals surface area contributed by atoms with Crippen molar-refractivity contribution in [3.8, 4) is 5.75 Å². The molecule has 0 spiro atoms. The number of halogens is 4. The van der Waals surface area contributed by atoms with Crippen LogP contribution in [0, 0.1) is 0 Å². The fourth-order valence-electron chi connectivity index (χ4n) is 1.08. The Morgan fingerprint density at radius 3 is 2.35 bits per heavy atom. The van der Waals surface area contributed by atoms with Crippen LogP contribution >= 0.6 is 23.2 Å². The highest BCUT2D eigenvalue weighted by Gasteiger charge is 2.23. The van der Waals surface area contributed by atoms with Crippen molar-refractivity contribution in [2.24, 2.45) is 0 Å². The van der Waals surface area contributed by atoms with Crippen molar-refractivity contribution in [2.75, 3.05) is 0 Å². The van der Waals surface area contributed by atoms with Crippen molar-refractivity contribution in [3.63, 3.8) is 0 Å². The Labute approximate surface area is 104 Å². The zero-order valence-electron chi connectivity index (χ0n) is 8.03. The molecule has 0 fully saturated rings. The molecule has 17 heavy (non-hydrogen) atoms. The summed E-state index contributed by atoms with van der Waals surface area (Å²) in [6.45, 7) is -3.08. The second-order valence-electron chi connectivity index (χ2n) is 2.90. The number of rotatable bonds is 4. The molecule has 1 rings (SSSR count). The van der Waals surface area contributed by atoms with Gasteiger partial charge in [-0.3, -0.25) is 0 Å². The smallest absolute Gasteiger partial charge is 0.387 e. The molecule has 0 saturated carbocycles. The minimum absolute atomic E-state index is 0.203. The average Bonchev–Trinajstić information content (AvgIpc) is 2.23. The first-order valence-corrected chi connectivity index (χ1v) is 4.93. The van der Waals surface area contributed by atoms with E-state index in [1.54, 1.807) is 0 Å². The SMILES string of the molecule is O=C(O)[C@@H](O)c1ccc(OC(F)F)c(Cl)c1Cl. The van der Waals surface area contributed by atoms with Gasteiger partial charge in [0.2, 0.25) is 0 Å². The highest BCUT2D eigenvalue weighted by atomic mass is 35.5. The number of carbonyl (C=O) groups is 1. The molecule has 0 unspecified atom stereocenters. The fourth-order valence-corrected chi connectivity index (χ4v) is 1.55. The number of aliphatic carboxylic acids is 1. The van der Waals surface area contributed by atoms with E-state index in [9.17, 15) is 18.7 Å². The summed E-state index contributed by atoms with van der Waals surface area (Å²) in [4.78, 5) is 10.5. The number of carboxylic acid groups (broad SMARTS) is 1.